The van der Waals surface area contributed by atoms with E-state index in [0.29, 0.717) is 5.69 Å². The van der Waals surface area contributed by atoms with Crippen LogP contribution in [0.15, 0.2) is 18.3 Å². The number of anilines is 1. The first kappa shape index (κ1) is 11.5. The number of hydrogen-bond donors (Lipinski definition) is 2. The minimum absolute atomic E-state index is 0.258. The number of nitrogens with one attached hydrogen (secondary N) is 1. The number of unbranched alkanes of at least 4 members (excludes halogenated alkanes) is 2. The molecule has 4 heteroatoms. The SMILES string of the molecule is N#Cc1cc(NCCCCCO)ccn1. The summed E-state index contributed by atoms with van der Waals surface area (Å²) in [6.07, 6.45) is 4.50. The molecule has 0 aliphatic heterocycles. The zero-order valence-electron chi connectivity index (χ0n) is 8.61. The van der Waals surface area contributed by atoms with E-state index >= 15 is 0 Å². The van der Waals surface area contributed by atoms with Crippen LogP contribution in [0.25, 0.3) is 0 Å². The molecule has 0 aliphatic rings. The van der Waals surface area contributed by atoms with Crippen LogP contribution in [0.3, 0.4) is 0 Å². The lowest BCUT2D eigenvalue weighted by Crippen LogP contribution is -2.02. The molecule has 0 bridgehead atoms. The van der Waals surface area contributed by atoms with Gasteiger partial charge in [-0.1, -0.05) is 0 Å². The lowest BCUT2D eigenvalue weighted by Gasteiger charge is -2.05. The summed E-state index contributed by atoms with van der Waals surface area (Å²) in [6.45, 7) is 1.11. The van der Waals surface area contributed by atoms with Gasteiger partial charge in [-0.2, -0.15) is 5.26 Å². The fourth-order valence-electron chi connectivity index (χ4n) is 1.25. The predicted octanol–water partition coefficient (Wildman–Crippen LogP) is 1.53. The van der Waals surface area contributed by atoms with Crippen LogP contribution >= 0.6 is 0 Å². The zero-order valence-corrected chi connectivity index (χ0v) is 8.61. The first-order valence-electron chi connectivity index (χ1n) is 5.07. The van der Waals surface area contributed by atoms with E-state index in [1.54, 1.807) is 12.3 Å². The van der Waals surface area contributed by atoms with Gasteiger partial charge in [0.05, 0.1) is 0 Å². The van der Waals surface area contributed by atoms with Gasteiger partial charge in [0.15, 0.2) is 0 Å². The van der Waals surface area contributed by atoms with E-state index in [-0.39, 0.29) is 6.61 Å². The highest BCUT2D eigenvalue weighted by atomic mass is 16.2. The molecule has 0 saturated heterocycles. The van der Waals surface area contributed by atoms with Gasteiger partial charge in [-0.25, -0.2) is 4.98 Å². The summed E-state index contributed by atoms with van der Waals surface area (Å²) in [5, 5.41) is 20.4. The third-order valence-electron chi connectivity index (χ3n) is 2.04. The molecule has 1 aromatic heterocycles. The molecule has 0 aromatic carbocycles. The fourth-order valence-corrected chi connectivity index (χ4v) is 1.25. The molecule has 80 valence electrons. The Balaban J connectivity index is 2.28. The molecule has 1 rings (SSSR count). The number of nitriles is 1. The molecule has 0 saturated carbocycles. The van der Waals surface area contributed by atoms with Crippen molar-refractivity contribution in [3.8, 4) is 6.07 Å². The third-order valence-corrected chi connectivity index (χ3v) is 2.04. The quantitative estimate of drug-likeness (QED) is 0.691. The third kappa shape index (κ3) is 4.43. The molecule has 2 N–H and O–H groups in total. The Hall–Kier alpha value is -1.60. The van der Waals surface area contributed by atoms with E-state index in [1.807, 2.05) is 12.1 Å². The van der Waals surface area contributed by atoms with Crippen molar-refractivity contribution in [1.29, 1.82) is 5.26 Å². The number of pyridine rings is 1. The number of nitrogens with zero attached hydrogens (tertiary/aromatic N) is 2. The molecule has 0 fully saturated rings. The van der Waals surface area contributed by atoms with Gasteiger partial charge in [-0.05, 0) is 31.4 Å². The minimum atomic E-state index is 0.258. The molecule has 0 aliphatic carbocycles. The topological polar surface area (TPSA) is 68.9 Å². The molecule has 4 nitrogen and oxygen atoms in total. The predicted molar refractivity (Wildman–Crippen MR) is 58.4 cm³/mol. The smallest absolute Gasteiger partial charge is 0.142 e. The number of aromatic nitrogens is 1. The largest absolute Gasteiger partial charge is 0.396 e. The van der Waals surface area contributed by atoms with Gasteiger partial charge in [-0.3, -0.25) is 0 Å². The second kappa shape index (κ2) is 6.80. The Bertz CT molecular complexity index is 333. The number of aliphatic hydroxyl groups is 1. The Morgan fingerprint density at radius 2 is 2.27 bits per heavy atom. The molecule has 0 amide bonds. The van der Waals surface area contributed by atoms with Crippen LogP contribution in [0.1, 0.15) is 25.0 Å². The summed E-state index contributed by atoms with van der Waals surface area (Å²) in [5.74, 6) is 0. The van der Waals surface area contributed by atoms with Crippen LogP contribution in [0.2, 0.25) is 0 Å². The second-order valence-corrected chi connectivity index (χ2v) is 3.25. The standard InChI is InChI=1S/C11H15N3O/c12-9-11-8-10(4-6-14-11)13-5-2-1-3-7-15/h4,6,8,15H,1-3,5,7H2,(H,13,14). The maximum absolute atomic E-state index is 8.64. The zero-order chi connectivity index (χ0) is 10.9. The van der Waals surface area contributed by atoms with E-state index in [9.17, 15) is 0 Å². The van der Waals surface area contributed by atoms with Crippen molar-refractivity contribution in [1.82, 2.24) is 4.98 Å². The van der Waals surface area contributed by atoms with Crippen LogP contribution in [0.4, 0.5) is 5.69 Å². The van der Waals surface area contributed by atoms with Crippen LogP contribution in [-0.2, 0) is 0 Å². The van der Waals surface area contributed by atoms with E-state index < -0.39 is 0 Å². The molecule has 1 aromatic rings. The Labute approximate surface area is 89.6 Å². The van der Waals surface area contributed by atoms with E-state index in [2.05, 4.69) is 10.3 Å². The van der Waals surface area contributed by atoms with Crippen LogP contribution in [0.5, 0.6) is 0 Å². The maximum atomic E-state index is 8.64. The summed E-state index contributed by atoms with van der Waals surface area (Å²) < 4.78 is 0. The summed E-state index contributed by atoms with van der Waals surface area (Å²) >= 11 is 0. The van der Waals surface area contributed by atoms with E-state index in [1.165, 1.54) is 0 Å². The summed E-state index contributed by atoms with van der Waals surface area (Å²) in [7, 11) is 0. The van der Waals surface area contributed by atoms with Crippen molar-refractivity contribution in [2.45, 2.75) is 19.3 Å². The Morgan fingerprint density at radius 1 is 1.40 bits per heavy atom. The maximum Gasteiger partial charge on any atom is 0.142 e. The molecule has 0 atom stereocenters. The average molecular weight is 205 g/mol. The summed E-state index contributed by atoms with van der Waals surface area (Å²) in [6, 6.07) is 5.56. The number of rotatable bonds is 6. The number of hydrogen-bond acceptors (Lipinski definition) is 4. The second-order valence-electron chi connectivity index (χ2n) is 3.25. The molecule has 0 spiro atoms. The Morgan fingerprint density at radius 3 is 3.00 bits per heavy atom. The van der Waals surface area contributed by atoms with Crippen molar-refractivity contribution in [2.75, 3.05) is 18.5 Å². The van der Waals surface area contributed by atoms with E-state index in [0.717, 1.165) is 31.5 Å². The van der Waals surface area contributed by atoms with Crippen LogP contribution < -0.4 is 5.32 Å². The molecule has 15 heavy (non-hydrogen) atoms. The van der Waals surface area contributed by atoms with Crippen molar-refractivity contribution in [3.63, 3.8) is 0 Å². The van der Waals surface area contributed by atoms with Gasteiger partial charge < -0.3 is 10.4 Å². The van der Waals surface area contributed by atoms with Gasteiger partial charge >= 0.3 is 0 Å². The van der Waals surface area contributed by atoms with Gasteiger partial charge in [0.2, 0.25) is 0 Å². The van der Waals surface area contributed by atoms with Crippen molar-refractivity contribution < 1.29 is 5.11 Å². The first-order chi connectivity index (χ1) is 7.36. The molecular weight excluding hydrogens is 190 g/mol. The van der Waals surface area contributed by atoms with Crippen molar-refractivity contribution in [3.05, 3.63) is 24.0 Å². The van der Waals surface area contributed by atoms with Gasteiger partial charge in [-0.15, -0.1) is 0 Å². The van der Waals surface area contributed by atoms with Crippen molar-refractivity contribution >= 4 is 5.69 Å². The average Bonchev–Trinajstić information content (AvgIpc) is 2.29. The van der Waals surface area contributed by atoms with Crippen LogP contribution in [-0.4, -0.2) is 23.2 Å². The summed E-state index contributed by atoms with van der Waals surface area (Å²) in [4.78, 5) is 3.88. The highest BCUT2D eigenvalue weighted by molar-refractivity contribution is 5.45. The van der Waals surface area contributed by atoms with E-state index in [4.69, 9.17) is 10.4 Å². The monoisotopic (exact) mass is 205 g/mol. The lowest BCUT2D eigenvalue weighted by atomic mass is 10.2. The normalized spacial score (nSPS) is 9.60. The fraction of sp³-hybridized carbons (Fsp3) is 0.455. The van der Waals surface area contributed by atoms with Gasteiger partial charge in [0.25, 0.3) is 0 Å². The minimum Gasteiger partial charge on any atom is -0.396 e. The lowest BCUT2D eigenvalue weighted by molar-refractivity contribution is 0.283. The molecule has 1 heterocycles. The van der Waals surface area contributed by atoms with Gasteiger partial charge in [0.1, 0.15) is 11.8 Å². The molecule has 0 unspecified atom stereocenters. The Kier molecular flexibility index (Phi) is 5.20. The highest BCUT2D eigenvalue weighted by Crippen LogP contribution is 2.07. The molecular formula is C11H15N3O. The first-order valence-corrected chi connectivity index (χ1v) is 5.07. The number of aliphatic hydroxyl groups excluding tert-OH is 1. The molecule has 0 radical (unpaired) electrons. The highest BCUT2D eigenvalue weighted by Gasteiger charge is 1.95. The van der Waals surface area contributed by atoms with Crippen LogP contribution in [0, 0.1) is 11.3 Å². The van der Waals surface area contributed by atoms with Gasteiger partial charge in [0, 0.05) is 25.0 Å². The van der Waals surface area contributed by atoms with Crippen molar-refractivity contribution in [2.24, 2.45) is 0 Å². The summed E-state index contributed by atoms with van der Waals surface area (Å²) in [5.41, 5.74) is 1.35.